The van der Waals surface area contributed by atoms with Crippen molar-refractivity contribution in [2.45, 2.75) is 33.6 Å². The first kappa shape index (κ1) is 16.9. The van der Waals surface area contributed by atoms with Gasteiger partial charge < -0.3 is 0 Å². The number of hydrogen-bond acceptors (Lipinski definition) is 4. The molecule has 0 aliphatic heterocycles. The average molecular weight is 334 g/mol. The molecule has 5 nitrogen and oxygen atoms in total. The molecule has 0 fully saturated rings. The molecule has 5 heteroatoms. The van der Waals surface area contributed by atoms with Gasteiger partial charge in [0.05, 0.1) is 16.6 Å². The summed E-state index contributed by atoms with van der Waals surface area (Å²) in [6, 6.07) is 15.2. The third-order valence-electron chi connectivity index (χ3n) is 4.20. The Balaban J connectivity index is 2.22. The van der Waals surface area contributed by atoms with Crippen LogP contribution in [0.2, 0.25) is 0 Å². The molecule has 3 rings (SSSR count). The van der Waals surface area contributed by atoms with E-state index in [1.165, 1.54) is 0 Å². The highest BCUT2D eigenvalue weighted by Gasteiger charge is 2.12. The van der Waals surface area contributed by atoms with Crippen LogP contribution in [0.1, 0.15) is 32.3 Å². The van der Waals surface area contributed by atoms with Crippen molar-refractivity contribution >= 4 is 22.6 Å². The van der Waals surface area contributed by atoms with Crippen LogP contribution in [0.25, 0.3) is 16.6 Å². The first-order valence-corrected chi connectivity index (χ1v) is 8.54. The van der Waals surface area contributed by atoms with Crippen molar-refractivity contribution in [1.29, 1.82) is 0 Å². The molecule has 0 aliphatic carbocycles. The number of aromatic nitrogens is 2. The maximum absolute atomic E-state index is 13.1. The van der Waals surface area contributed by atoms with Gasteiger partial charge in [-0.3, -0.25) is 4.79 Å². The summed E-state index contributed by atoms with van der Waals surface area (Å²) in [5, 5.41) is 5.01. The molecule has 3 aromatic rings. The lowest BCUT2D eigenvalue weighted by atomic mass is 10.2. The van der Waals surface area contributed by atoms with Gasteiger partial charge in [-0.05, 0) is 44.0 Å². The molecule has 0 bridgehead atoms. The average Bonchev–Trinajstić information content (AvgIpc) is 2.64. The highest BCUT2D eigenvalue weighted by atomic mass is 16.1. The fraction of sp³-hybridized carbons (Fsp3) is 0.250. The number of aryl methyl sites for hydroxylation is 1. The molecule has 0 saturated heterocycles. The van der Waals surface area contributed by atoms with Crippen LogP contribution < -0.4 is 11.0 Å². The molecular formula is C20H22N4O. The number of fused-ring (bicyclic) bond motifs is 1. The molecule has 1 aromatic heterocycles. The molecule has 0 atom stereocenters. The summed E-state index contributed by atoms with van der Waals surface area (Å²) in [5.74, 6) is 0.423. The standard InChI is InChI=1S/C20H22N4O/c1-4-15(5-2)22-23-20-21-18-9-7-6-8-17(18)19(25)24(20)16-12-10-14(3)11-13-16/h6-13H,4-5H2,1-3H3,(H,21,23). The van der Waals surface area contributed by atoms with Crippen LogP contribution in [0.4, 0.5) is 5.95 Å². The lowest BCUT2D eigenvalue weighted by Crippen LogP contribution is -2.23. The second-order valence-electron chi connectivity index (χ2n) is 5.93. The Morgan fingerprint density at radius 2 is 1.76 bits per heavy atom. The lowest BCUT2D eigenvalue weighted by molar-refractivity contribution is 0.950. The topological polar surface area (TPSA) is 59.3 Å². The van der Waals surface area contributed by atoms with Crippen LogP contribution in [-0.2, 0) is 0 Å². The normalized spacial score (nSPS) is 10.7. The highest BCUT2D eigenvalue weighted by Crippen LogP contribution is 2.17. The molecule has 0 unspecified atom stereocenters. The van der Waals surface area contributed by atoms with E-state index in [4.69, 9.17) is 0 Å². The summed E-state index contributed by atoms with van der Waals surface area (Å²) < 4.78 is 1.58. The molecular weight excluding hydrogens is 312 g/mol. The zero-order chi connectivity index (χ0) is 17.8. The fourth-order valence-corrected chi connectivity index (χ4v) is 2.68. The molecule has 0 radical (unpaired) electrons. The van der Waals surface area contributed by atoms with Crippen LogP contribution in [0.15, 0.2) is 58.4 Å². The summed E-state index contributed by atoms with van der Waals surface area (Å²) in [4.78, 5) is 17.7. The van der Waals surface area contributed by atoms with Gasteiger partial charge in [-0.1, -0.05) is 43.7 Å². The van der Waals surface area contributed by atoms with Crippen molar-refractivity contribution in [3.63, 3.8) is 0 Å². The van der Waals surface area contributed by atoms with Crippen LogP contribution >= 0.6 is 0 Å². The van der Waals surface area contributed by atoms with E-state index in [-0.39, 0.29) is 5.56 Å². The predicted molar refractivity (Wildman–Crippen MR) is 104 cm³/mol. The van der Waals surface area contributed by atoms with Gasteiger partial charge in [0.25, 0.3) is 5.56 Å². The maximum atomic E-state index is 13.1. The van der Waals surface area contributed by atoms with Gasteiger partial charge in [-0.15, -0.1) is 0 Å². The maximum Gasteiger partial charge on any atom is 0.267 e. The molecule has 128 valence electrons. The minimum Gasteiger partial charge on any atom is -0.268 e. The minimum atomic E-state index is -0.110. The van der Waals surface area contributed by atoms with E-state index in [0.717, 1.165) is 29.8 Å². The highest BCUT2D eigenvalue weighted by molar-refractivity contribution is 5.84. The minimum absolute atomic E-state index is 0.110. The first-order chi connectivity index (χ1) is 12.1. The Morgan fingerprint density at radius 1 is 1.08 bits per heavy atom. The van der Waals surface area contributed by atoms with E-state index in [9.17, 15) is 4.79 Å². The number of hydrazone groups is 1. The van der Waals surface area contributed by atoms with E-state index in [1.807, 2.05) is 49.4 Å². The van der Waals surface area contributed by atoms with Crippen molar-refractivity contribution in [3.8, 4) is 5.69 Å². The van der Waals surface area contributed by atoms with E-state index in [2.05, 4.69) is 29.4 Å². The predicted octanol–water partition coefficient (Wildman–Crippen LogP) is 4.28. The molecule has 0 amide bonds. The number of nitrogens with one attached hydrogen (secondary N) is 1. The molecule has 1 N–H and O–H groups in total. The Morgan fingerprint density at radius 3 is 2.44 bits per heavy atom. The molecule has 0 spiro atoms. The first-order valence-electron chi connectivity index (χ1n) is 8.54. The molecule has 1 heterocycles. The quantitative estimate of drug-likeness (QED) is 0.559. The number of hydrogen-bond donors (Lipinski definition) is 1. The summed E-state index contributed by atoms with van der Waals surface area (Å²) in [7, 11) is 0. The van der Waals surface area contributed by atoms with Gasteiger partial charge in [0.1, 0.15) is 0 Å². The van der Waals surface area contributed by atoms with Crippen molar-refractivity contribution in [3.05, 3.63) is 64.4 Å². The number of nitrogens with zero attached hydrogens (tertiary/aromatic N) is 3. The van der Waals surface area contributed by atoms with Gasteiger partial charge in [0.15, 0.2) is 0 Å². The van der Waals surface area contributed by atoms with Crippen molar-refractivity contribution in [2.24, 2.45) is 5.10 Å². The summed E-state index contributed by atoms with van der Waals surface area (Å²) in [6.07, 6.45) is 1.71. The van der Waals surface area contributed by atoms with Gasteiger partial charge in [-0.25, -0.2) is 15.0 Å². The largest absolute Gasteiger partial charge is 0.268 e. The zero-order valence-corrected chi connectivity index (χ0v) is 14.8. The Bertz CT molecular complexity index is 965. The van der Waals surface area contributed by atoms with Crippen molar-refractivity contribution < 1.29 is 0 Å². The summed E-state index contributed by atoms with van der Waals surface area (Å²) >= 11 is 0. The summed E-state index contributed by atoms with van der Waals surface area (Å²) in [6.45, 7) is 6.14. The zero-order valence-electron chi connectivity index (χ0n) is 14.8. The van der Waals surface area contributed by atoms with Gasteiger partial charge in [-0.2, -0.15) is 5.10 Å². The van der Waals surface area contributed by atoms with E-state index in [1.54, 1.807) is 10.6 Å². The third-order valence-corrected chi connectivity index (χ3v) is 4.20. The fourth-order valence-electron chi connectivity index (χ4n) is 2.68. The SMILES string of the molecule is CCC(CC)=NNc1nc2ccccc2c(=O)n1-c1ccc(C)cc1. The summed E-state index contributed by atoms with van der Waals surface area (Å²) in [5.41, 5.74) is 6.47. The van der Waals surface area contributed by atoms with Crippen LogP contribution in [0.3, 0.4) is 0 Å². The molecule has 25 heavy (non-hydrogen) atoms. The second-order valence-corrected chi connectivity index (χ2v) is 5.93. The third kappa shape index (κ3) is 3.45. The number of para-hydroxylation sites is 1. The lowest BCUT2D eigenvalue weighted by Gasteiger charge is -2.13. The van der Waals surface area contributed by atoms with Gasteiger partial charge in [0.2, 0.25) is 5.95 Å². The number of benzene rings is 2. The smallest absolute Gasteiger partial charge is 0.267 e. The Labute approximate surface area is 147 Å². The molecule has 2 aromatic carbocycles. The van der Waals surface area contributed by atoms with Crippen molar-refractivity contribution in [2.75, 3.05) is 5.43 Å². The Hall–Kier alpha value is -2.95. The monoisotopic (exact) mass is 334 g/mol. The molecule has 0 aliphatic rings. The van der Waals surface area contributed by atoms with Crippen LogP contribution in [0, 0.1) is 6.92 Å². The van der Waals surface area contributed by atoms with Crippen LogP contribution in [0.5, 0.6) is 0 Å². The van der Waals surface area contributed by atoms with Gasteiger partial charge in [0, 0.05) is 5.71 Å². The number of anilines is 1. The van der Waals surface area contributed by atoms with E-state index >= 15 is 0 Å². The van der Waals surface area contributed by atoms with Gasteiger partial charge >= 0.3 is 0 Å². The Kier molecular flexibility index (Phi) is 4.93. The van der Waals surface area contributed by atoms with Crippen LogP contribution in [-0.4, -0.2) is 15.3 Å². The van der Waals surface area contributed by atoms with Crippen molar-refractivity contribution in [1.82, 2.24) is 9.55 Å². The van der Waals surface area contributed by atoms with E-state index in [0.29, 0.717) is 16.9 Å². The molecule has 0 saturated carbocycles. The number of rotatable bonds is 5. The van der Waals surface area contributed by atoms with E-state index < -0.39 is 0 Å². The second kappa shape index (κ2) is 7.30.